The average molecular weight is 236 g/mol. The van der Waals surface area contributed by atoms with Crippen molar-refractivity contribution in [1.82, 2.24) is 9.62 Å². The molecule has 92 valence electrons. The third-order valence-electron chi connectivity index (χ3n) is 2.22. The maximum absolute atomic E-state index is 11.4. The summed E-state index contributed by atoms with van der Waals surface area (Å²) in [5.74, 6) is 0.824. The van der Waals surface area contributed by atoms with Crippen LogP contribution in [0, 0.1) is 5.92 Å². The third kappa shape index (κ3) is 6.87. The van der Waals surface area contributed by atoms with Crippen LogP contribution in [0.25, 0.3) is 0 Å². The fourth-order valence-corrected chi connectivity index (χ4v) is 2.02. The van der Waals surface area contributed by atoms with Crippen LogP contribution in [0.5, 0.6) is 0 Å². The van der Waals surface area contributed by atoms with E-state index in [0.717, 1.165) is 19.5 Å². The predicted octanol–water partition coefficient (Wildman–Crippen LogP) is 0.904. The van der Waals surface area contributed by atoms with E-state index in [1.165, 1.54) is 4.31 Å². The van der Waals surface area contributed by atoms with Crippen LogP contribution in [0.4, 0.5) is 0 Å². The first kappa shape index (κ1) is 14.9. The standard InChI is InChI=1S/C10H24N2O2S/c1-5-15(13,14)12(4)8-6-7-11-9-10(2)3/h10-11H,5-9H2,1-4H3. The second kappa shape index (κ2) is 7.19. The Morgan fingerprint density at radius 2 is 1.93 bits per heavy atom. The topological polar surface area (TPSA) is 49.4 Å². The lowest BCUT2D eigenvalue weighted by atomic mass is 10.2. The molecule has 0 atom stereocenters. The van der Waals surface area contributed by atoms with Gasteiger partial charge in [0.05, 0.1) is 5.75 Å². The van der Waals surface area contributed by atoms with E-state index >= 15 is 0 Å². The van der Waals surface area contributed by atoms with Gasteiger partial charge in [-0.1, -0.05) is 13.8 Å². The van der Waals surface area contributed by atoms with Crippen molar-refractivity contribution in [3.8, 4) is 0 Å². The van der Waals surface area contributed by atoms with E-state index in [0.29, 0.717) is 12.5 Å². The molecule has 0 unspecified atom stereocenters. The van der Waals surface area contributed by atoms with E-state index in [1.54, 1.807) is 14.0 Å². The summed E-state index contributed by atoms with van der Waals surface area (Å²) in [4.78, 5) is 0. The highest BCUT2D eigenvalue weighted by atomic mass is 32.2. The summed E-state index contributed by atoms with van der Waals surface area (Å²) in [7, 11) is -1.36. The van der Waals surface area contributed by atoms with E-state index in [1.807, 2.05) is 0 Å². The molecule has 4 nitrogen and oxygen atoms in total. The van der Waals surface area contributed by atoms with E-state index < -0.39 is 10.0 Å². The number of sulfonamides is 1. The van der Waals surface area contributed by atoms with Crippen molar-refractivity contribution in [3.63, 3.8) is 0 Å². The van der Waals surface area contributed by atoms with Crippen molar-refractivity contribution in [1.29, 1.82) is 0 Å². The molecular weight excluding hydrogens is 212 g/mol. The van der Waals surface area contributed by atoms with Gasteiger partial charge >= 0.3 is 0 Å². The van der Waals surface area contributed by atoms with Crippen molar-refractivity contribution in [2.24, 2.45) is 5.92 Å². The Morgan fingerprint density at radius 3 is 2.40 bits per heavy atom. The van der Waals surface area contributed by atoms with Gasteiger partial charge in [0, 0.05) is 13.6 Å². The molecular formula is C10H24N2O2S. The first-order chi connectivity index (χ1) is 6.90. The Kier molecular flexibility index (Phi) is 7.13. The van der Waals surface area contributed by atoms with Gasteiger partial charge in [0.25, 0.3) is 0 Å². The van der Waals surface area contributed by atoms with Crippen molar-refractivity contribution < 1.29 is 8.42 Å². The molecule has 1 N–H and O–H groups in total. The molecule has 0 saturated carbocycles. The van der Waals surface area contributed by atoms with Crippen molar-refractivity contribution in [2.45, 2.75) is 27.2 Å². The molecule has 0 aromatic carbocycles. The quantitative estimate of drug-likeness (QED) is 0.637. The van der Waals surface area contributed by atoms with Gasteiger partial charge in [-0.15, -0.1) is 0 Å². The Morgan fingerprint density at radius 1 is 1.33 bits per heavy atom. The van der Waals surface area contributed by atoms with Crippen LogP contribution in [0.2, 0.25) is 0 Å². The normalized spacial score (nSPS) is 12.7. The zero-order valence-corrected chi connectivity index (χ0v) is 11.1. The molecule has 0 saturated heterocycles. The Labute approximate surface area is 94.1 Å². The molecule has 5 heteroatoms. The Balaban J connectivity index is 3.60. The van der Waals surface area contributed by atoms with Crippen LogP contribution < -0.4 is 5.32 Å². The highest BCUT2D eigenvalue weighted by Crippen LogP contribution is 1.98. The molecule has 0 aliphatic rings. The minimum atomic E-state index is -3.00. The molecule has 0 fully saturated rings. The molecule has 0 aliphatic carbocycles. The first-order valence-corrected chi connectivity index (χ1v) is 7.15. The summed E-state index contributed by atoms with van der Waals surface area (Å²) >= 11 is 0. The maximum atomic E-state index is 11.4. The molecule has 0 amide bonds. The number of rotatable bonds is 8. The second-order valence-electron chi connectivity index (χ2n) is 4.17. The molecule has 0 aliphatic heterocycles. The summed E-state index contributed by atoms with van der Waals surface area (Å²) < 4.78 is 24.2. The summed E-state index contributed by atoms with van der Waals surface area (Å²) in [6.45, 7) is 8.44. The summed E-state index contributed by atoms with van der Waals surface area (Å²) in [5.41, 5.74) is 0. The van der Waals surface area contributed by atoms with E-state index in [9.17, 15) is 8.42 Å². The van der Waals surface area contributed by atoms with Crippen molar-refractivity contribution in [3.05, 3.63) is 0 Å². The zero-order valence-electron chi connectivity index (χ0n) is 10.3. The van der Waals surface area contributed by atoms with E-state index in [-0.39, 0.29) is 5.75 Å². The zero-order chi connectivity index (χ0) is 11.9. The SMILES string of the molecule is CCS(=O)(=O)N(C)CCCNCC(C)C. The molecule has 15 heavy (non-hydrogen) atoms. The van der Waals surface area contributed by atoms with Crippen LogP contribution in [-0.2, 0) is 10.0 Å². The fraction of sp³-hybridized carbons (Fsp3) is 1.00. The van der Waals surface area contributed by atoms with Crippen LogP contribution in [0.1, 0.15) is 27.2 Å². The Bertz CT molecular complexity index is 250. The molecule has 0 spiro atoms. The van der Waals surface area contributed by atoms with Gasteiger partial charge in [0.2, 0.25) is 10.0 Å². The van der Waals surface area contributed by atoms with Crippen LogP contribution >= 0.6 is 0 Å². The number of nitrogens with one attached hydrogen (secondary N) is 1. The number of hydrogen-bond acceptors (Lipinski definition) is 3. The second-order valence-corrected chi connectivity index (χ2v) is 6.54. The van der Waals surface area contributed by atoms with Gasteiger partial charge in [-0.25, -0.2) is 12.7 Å². The van der Waals surface area contributed by atoms with Gasteiger partial charge in [0.15, 0.2) is 0 Å². The summed E-state index contributed by atoms with van der Waals surface area (Å²) in [5, 5.41) is 3.29. The van der Waals surface area contributed by atoms with Crippen LogP contribution in [0.15, 0.2) is 0 Å². The largest absolute Gasteiger partial charge is 0.316 e. The minimum Gasteiger partial charge on any atom is -0.316 e. The van der Waals surface area contributed by atoms with Crippen LogP contribution in [-0.4, -0.2) is 45.2 Å². The lowest BCUT2D eigenvalue weighted by molar-refractivity contribution is 0.448. The van der Waals surface area contributed by atoms with Gasteiger partial charge < -0.3 is 5.32 Å². The molecule has 0 heterocycles. The molecule has 0 aromatic heterocycles. The summed E-state index contributed by atoms with van der Waals surface area (Å²) in [6, 6.07) is 0. The molecule has 0 aromatic rings. The fourth-order valence-electron chi connectivity index (χ4n) is 1.18. The summed E-state index contributed by atoms with van der Waals surface area (Å²) in [6.07, 6.45) is 0.864. The van der Waals surface area contributed by atoms with Gasteiger partial charge in [-0.05, 0) is 32.4 Å². The Hall–Kier alpha value is -0.130. The molecule has 0 radical (unpaired) electrons. The lowest BCUT2D eigenvalue weighted by Gasteiger charge is -2.16. The first-order valence-electron chi connectivity index (χ1n) is 5.55. The number of nitrogens with zero attached hydrogens (tertiary/aromatic N) is 1. The maximum Gasteiger partial charge on any atom is 0.213 e. The molecule has 0 rings (SSSR count). The number of hydrogen-bond donors (Lipinski definition) is 1. The van der Waals surface area contributed by atoms with Gasteiger partial charge in [-0.2, -0.15) is 0 Å². The highest BCUT2D eigenvalue weighted by Gasteiger charge is 2.13. The van der Waals surface area contributed by atoms with E-state index in [4.69, 9.17) is 0 Å². The lowest BCUT2D eigenvalue weighted by Crippen LogP contribution is -2.31. The molecule has 0 bridgehead atoms. The highest BCUT2D eigenvalue weighted by molar-refractivity contribution is 7.89. The smallest absolute Gasteiger partial charge is 0.213 e. The van der Waals surface area contributed by atoms with Crippen LogP contribution in [0.3, 0.4) is 0 Å². The van der Waals surface area contributed by atoms with E-state index in [2.05, 4.69) is 19.2 Å². The van der Waals surface area contributed by atoms with Crippen molar-refractivity contribution >= 4 is 10.0 Å². The third-order valence-corrected chi connectivity index (χ3v) is 4.08. The predicted molar refractivity (Wildman–Crippen MR) is 64.4 cm³/mol. The minimum absolute atomic E-state index is 0.183. The van der Waals surface area contributed by atoms with Gasteiger partial charge in [0.1, 0.15) is 0 Å². The average Bonchev–Trinajstić information content (AvgIpc) is 2.16. The van der Waals surface area contributed by atoms with Gasteiger partial charge in [-0.3, -0.25) is 0 Å². The van der Waals surface area contributed by atoms with Crippen molar-refractivity contribution in [2.75, 3.05) is 32.4 Å². The monoisotopic (exact) mass is 236 g/mol.